The molecule has 0 spiro atoms. The fraction of sp³-hybridized carbons (Fsp3) is 0.250. The summed E-state index contributed by atoms with van der Waals surface area (Å²) in [6.45, 7) is 1.91. The summed E-state index contributed by atoms with van der Waals surface area (Å²) >= 11 is 5.79. The van der Waals surface area contributed by atoms with Crippen molar-refractivity contribution in [2.45, 2.75) is 19.4 Å². The molecule has 0 bridgehead atoms. The molecule has 0 saturated heterocycles. The molecule has 1 nitrogen and oxygen atoms in total. The molecule has 0 aliphatic carbocycles. The molecule has 2 aromatic rings. The first-order chi connectivity index (χ1) is 9.52. The minimum atomic E-state index is -0.413. The van der Waals surface area contributed by atoms with Crippen LogP contribution in [0.1, 0.15) is 22.7 Å². The minimum Gasteiger partial charge on any atom is -0.313 e. The molecule has 1 atom stereocenters. The number of aryl methyl sites for hydroxylation is 1. The predicted octanol–water partition coefficient (Wildman–Crippen LogP) is 4.43. The van der Waals surface area contributed by atoms with E-state index in [9.17, 15) is 8.78 Å². The Balaban J connectivity index is 2.34. The maximum Gasteiger partial charge on any atom is 0.145 e. The van der Waals surface area contributed by atoms with Crippen LogP contribution in [0, 0.1) is 18.6 Å². The first kappa shape index (κ1) is 14.9. The quantitative estimate of drug-likeness (QED) is 0.880. The van der Waals surface area contributed by atoms with E-state index in [-0.39, 0.29) is 16.9 Å². The van der Waals surface area contributed by atoms with E-state index in [1.807, 2.05) is 6.92 Å². The highest BCUT2D eigenvalue weighted by Gasteiger charge is 2.16. The Labute approximate surface area is 122 Å². The van der Waals surface area contributed by atoms with Gasteiger partial charge in [0.25, 0.3) is 0 Å². The number of nitrogens with one attached hydrogen (secondary N) is 1. The molecule has 20 heavy (non-hydrogen) atoms. The van der Waals surface area contributed by atoms with Crippen molar-refractivity contribution in [3.05, 3.63) is 69.7 Å². The van der Waals surface area contributed by atoms with E-state index in [1.165, 1.54) is 18.2 Å². The van der Waals surface area contributed by atoms with Crippen LogP contribution in [0.25, 0.3) is 0 Å². The van der Waals surface area contributed by atoms with Crippen molar-refractivity contribution in [3.63, 3.8) is 0 Å². The lowest BCUT2D eigenvalue weighted by atomic mass is 9.95. The van der Waals surface area contributed by atoms with E-state index in [0.29, 0.717) is 12.0 Å². The Morgan fingerprint density at radius 3 is 2.65 bits per heavy atom. The molecule has 2 rings (SSSR count). The average Bonchev–Trinajstić information content (AvgIpc) is 2.43. The highest BCUT2D eigenvalue weighted by molar-refractivity contribution is 6.30. The Hall–Kier alpha value is -1.45. The molecule has 4 heteroatoms. The summed E-state index contributed by atoms with van der Waals surface area (Å²) in [5, 5.41) is 3.21. The largest absolute Gasteiger partial charge is 0.313 e. The maximum absolute atomic E-state index is 14.0. The first-order valence-corrected chi connectivity index (χ1v) is 6.77. The van der Waals surface area contributed by atoms with E-state index < -0.39 is 5.82 Å². The molecule has 0 heterocycles. The zero-order valence-electron chi connectivity index (χ0n) is 11.4. The van der Waals surface area contributed by atoms with Crippen molar-refractivity contribution < 1.29 is 8.78 Å². The van der Waals surface area contributed by atoms with E-state index in [0.717, 1.165) is 11.1 Å². The number of rotatable bonds is 4. The predicted molar refractivity (Wildman–Crippen MR) is 78.1 cm³/mol. The molecule has 2 aromatic carbocycles. The van der Waals surface area contributed by atoms with Gasteiger partial charge in [-0.15, -0.1) is 0 Å². The molecule has 106 valence electrons. The number of halogens is 3. The van der Waals surface area contributed by atoms with Crippen LogP contribution in [0.3, 0.4) is 0 Å². The van der Waals surface area contributed by atoms with Crippen molar-refractivity contribution in [2.75, 3.05) is 7.05 Å². The summed E-state index contributed by atoms with van der Waals surface area (Å²) in [5.74, 6) is -0.708. The van der Waals surface area contributed by atoms with Crippen molar-refractivity contribution in [2.24, 2.45) is 0 Å². The molecule has 0 radical (unpaired) electrons. The zero-order chi connectivity index (χ0) is 14.7. The molecular formula is C16H16ClF2N. The van der Waals surface area contributed by atoms with Crippen LogP contribution in [-0.4, -0.2) is 7.05 Å². The Morgan fingerprint density at radius 2 is 1.95 bits per heavy atom. The summed E-state index contributed by atoms with van der Waals surface area (Å²) in [6, 6.07) is 9.39. The summed E-state index contributed by atoms with van der Waals surface area (Å²) in [5.41, 5.74) is 2.31. The van der Waals surface area contributed by atoms with Gasteiger partial charge in [0, 0.05) is 6.04 Å². The molecule has 0 aliphatic heterocycles. The van der Waals surface area contributed by atoms with Gasteiger partial charge in [-0.05, 0) is 55.3 Å². The van der Waals surface area contributed by atoms with Crippen LogP contribution < -0.4 is 5.32 Å². The molecule has 0 saturated carbocycles. The van der Waals surface area contributed by atoms with Gasteiger partial charge < -0.3 is 5.32 Å². The Kier molecular flexibility index (Phi) is 4.73. The van der Waals surface area contributed by atoms with Gasteiger partial charge in [0.05, 0.1) is 5.02 Å². The second-order valence-corrected chi connectivity index (χ2v) is 5.17. The van der Waals surface area contributed by atoms with Crippen LogP contribution in [0.2, 0.25) is 5.02 Å². The molecule has 0 fully saturated rings. The highest BCUT2D eigenvalue weighted by atomic mass is 35.5. The standard InChI is InChI=1S/C16H16ClF2N/c1-10-6-7-12(18)9-13(10)15(20-2)8-11-4-3-5-14(17)16(11)19/h3-7,9,15,20H,8H2,1-2H3. The normalized spacial score (nSPS) is 12.4. The fourth-order valence-electron chi connectivity index (χ4n) is 2.28. The van der Waals surface area contributed by atoms with Crippen LogP contribution in [0.4, 0.5) is 8.78 Å². The second-order valence-electron chi connectivity index (χ2n) is 4.76. The van der Waals surface area contributed by atoms with Crippen LogP contribution >= 0.6 is 11.6 Å². The molecule has 1 unspecified atom stereocenters. The third-order valence-electron chi connectivity index (χ3n) is 3.42. The molecule has 1 N–H and O–H groups in total. The highest BCUT2D eigenvalue weighted by Crippen LogP contribution is 2.26. The van der Waals surface area contributed by atoms with Crippen molar-refractivity contribution in [1.29, 1.82) is 0 Å². The van der Waals surface area contributed by atoms with Gasteiger partial charge in [-0.25, -0.2) is 8.78 Å². The maximum atomic E-state index is 14.0. The average molecular weight is 296 g/mol. The van der Waals surface area contributed by atoms with Gasteiger partial charge >= 0.3 is 0 Å². The van der Waals surface area contributed by atoms with E-state index in [4.69, 9.17) is 11.6 Å². The summed E-state index contributed by atoms with van der Waals surface area (Å²) in [4.78, 5) is 0. The van der Waals surface area contributed by atoms with Crippen molar-refractivity contribution in [3.8, 4) is 0 Å². The lowest BCUT2D eigenvalue weighted by Gasteiger charge is -2.19. The second kappa shape index (κ2) is 6.33. The minimum absolute atomic E-state index is 0.105. The summed E-state index contributed by atoms with van der Waals surface area (Å²) in [7, 11) is 1.78. The number of likely N-dealkylation sites (N-methyl/N-ethyl adjacent to an activating group) is 1. The monoisotopic (exact) mass is 295 g/mol. The van der Waals surface area contributed by atoms with E-state index in [2.05, 4.69) is 5.32 Å². The van der Waals surface area contributed by atoms with Gasteiger partial charge in [-0.3, -0.25) is 0 Å². The Morgan fingerprint density at radius 1 is 1.20 bits per heavy atom. The van der Waals surface area contributed by atoms with E-state index >= 15 is 0 Å². The first-order valence-electron chi connectivity index (χ1n) is 6.39. The Bertz CT molecular complexity index is 613. The van der Waals surface area contributed by atoms with Crippen molar-refractivity contribution in [1.82, 2.24) is 5.32 Å². The third kappa shape index (κ3) is 3.17. The van der Waals surface area contributed by atoms with Gasteiger partial charge in [0.2, 0.25) is 0 Å². The van der Waals surface area contributed by atoms with Crippen LogP contribution in [0.15, 0.2) is 36.4 Å². The van der Waals surface area contributed by atoms with Gasteiger partial charge in [-0.2, -0.15) is 0 Å². The van der Waals surface area contributed by atoms with Crippen molar-refractivity contribution >= 4 is 11.6 Å². The van der Waals surface area contributed by atoms with Crippen LogP contribution in [-0.2, 0) is 6.42 Å². The number of benzene rings is 2. The third-order valence-corrected chi connectivity index (χ3v) is 3.71. The molecular weight excluding hydrogens is 280 g/mol. The van der Waals surface area contributed by atoms with E-state index in [1.54, 1.807) is 25.2 Å². The molecule has 0 amide bonds. The lowest BCUT2D eigenvalue weighted by Crippen LogP contribution is -2.20. The number of hydrogen-bond acceptors (Lipinski definition) is 1. The van der Waals surface area contributed by atoms with Gasteiger partial charge in [-0.1, -0.05) is 29.8 Å². The number of hydrogen-bond donors (Lipinski definition) is 1. The zero-order valence-corrected chi connectivity index (χ0v) is 12.1. The SMILES string of the molecule is CNC(Cc1cccc(Cl)c1F)c1cc(F)ccc1C. The fourth-order valence-corrected chi connectivity index (χ4v) is 2.47. The topological polar surface area (TPSA) is 12.0 Å². The lowest BCUT2D eigenvalue weighted by molar-refractivity contribution is 0.547. The summed E-state index contributed by atoms with van der Waals surface area (Å²) < 4.78 is 27.4. The molecule has 0 aromatic heterocycles. The van der Waals surface area contributed by atoms with Crippen LogP contribution in [0.5, 0.6) is 0 Å². The van der Waals surface area contributed by atoms with Gasteiger partial charge in [0.1, 0.15) is 11.6 Å². The van der Waals surface area contributed by atoms with Gasteiger partial charge in [0.15, 0.2) is 0 Å². The molecule has 0 aliphatic rings. The summed E-state index contributed by atoms with van der Waals surface area (Å²) in [6.07, 6.45) is 0.410. The smallest absolute Gasteiger partial charge is 0.145 e.